The van der Waals surface area contributed by atoms with Gasteiger partial charge in [0.2, 0.25) is 0 Å². The highest BCUT2D eigenvalue weighted by Gasteiger charge is 2.22. The van der Waals surface area contributed by atoms with Crippen LogP contribution in [-0.4, -0.2) is 13.1 Å². The predicted molar refractivity (Wildman–Crippen MR) is 71.8 cm³/mol. The van der Waals surface area contributed by atoms with Crippen LogP contribution >= 0.6 is 0 Å². The monoisotopic (exact) mass is 237 g/mol. The van der Waals surface area contributed by atoms with Crippen molar-refractivity contribution in [1.82, 2.24) is 5.32 Å². The Hall–Kier alpha value is -0.890. The summed E-state index contributed by atoms with van der Waals surface area (Å²) in [6, 6.07) is 5.55. The summed E-state index contributed by atoms with van der Waals surface area (Å²) in [5, 5.41) is 3.26. The van der Waals surface area contributed by atoms with E-state index >= 15 is 0 Å². The number of hydrogen-bond acceptors (Lipinski definition) is 1. The predicted octanol–water partition coefficient (Wildman–Crippen LogP) is 3.70. The Morgan fingerprint density at radius 2 is 2.00 bits per heavy atom. The molecule has 0 saturated carbocycles. The average molecular weight is 237 g/mol. The van der Waals surface area contributed by atoms with Crippen LogP contribution in [0, 0.1) is 18.2 Å². The summed E-state index contributed by atoms with van der Waals surface area (Å²) in [6.07, 6.45) is 2.00. The maximum atomic E-state index is 13.2. The smallest absolute Gasteiger partial charge is 0.123 e. The molecule has 96 valence electrons. The van der Waals surface area contributed by atoms with Gasteiger partial charge in [-0.1, -0.05) is 19.9 Å². The fourth-order valence-electron chi connectivity index (χ4n) is 2.35. The van der Waals surface area contributed by atoms with Gasteiger partial charge in [-0.25, -0.2) is 4.39 Å². The highest BCUT2D eigenvalue weighted by Crippen LogP contribution is 2.29. The van der Waals surface area contributed by atoms with Crippen LogP contribution in [0.25, 0.3) is 0 Å². The van der Waals surface area contributed by atoms with E-state index in [1.807, 2.05) is 20.0 Å². The maximum absolute atomic E-state index is 13.2. The van der Waals surface area contributed by atoms with Crippen molar-refractivity contribution >= 4 is 0 Å². The van der Waals surface area contributed by atoms with Gasteiger partial charge in [0.25, 0.3) is 0 Å². The van der Waals surface area contributed by atoms with E-state index in [-0.39, 0.29) is 11.2 Å². The lowest BCUT2D eigenvalue weighted by molar-refractivity contribution is 0.292. The van der Waals surface area contributed by atoms with Gasteiger partial charge in [0, 0.05) is 6.04 Å². The molecule has 0 aromatic heterocycles. The molecule has 0 bridgehead atoms. The summed E-state index contributed by atoms with van der Waals surface area (Å²) < 4.78 is 13.2. The number of halogens is 1. The summed E-state index contributed by atoms with van der Waals surface area (Å²) in [7, 11) is 1.98. The van der Waals surface area contributed by atoms with Crippen molar-refractivity contribution < 1.29 is 4.39 Å². The summed E-state index contributed by atoms with van der Waals surface area (Å²) in [6.45, 7) is 8.71. The molecule has 0 spiro atoms. The van der Waals surface area contributed by atoms with Gasteiger partial charge in [-0.15, -0.1) is 0 Å². The molecule has 17 heavy (non-hydrogen) atoms. The number of benzene rings is 1. The number of rotatable bonds is 5. The molecule has 0 fully saturated rings. The van der Waals surface area contributed by atoms with Crippen LogP contribution in [0.4, 0.5) is 4.39 Å². The lowest BCUT2D eigenvalue weighted by Gasteiger charge is -2.28. The first-order valence-electron chi connectivity index (χ1n) is 6.26. The van der Waals surface area contributed by atoms with Gasteiger partial charge in [0.1, 0.15) is 5.82 Å². The van der Waals surface area contributed by atoms with Crippen LogP contribution in [0.15, 0.2) is 18.2 Å². The van der Waals surface area contributed by atoms with Crippen LogP contribution < -0.4 is 5.32 Å². The minimum Gasteiger partial charge on any atom is -0.317 e. The van der Waals surface area contributed by atoms with Crippen molar-refractivity contribution in [2.45, 2.75) is 46.6 Å². The van der Waals surface area contributed by atoms with Gasteiger partial charge in [-0.3, -0.25) is 0 Å². The second-order valence-corrected chi connectivity index (χ2v) is 5.81. The van der Waals surface area contributed by atoms with Gasteiger partial charge >= 0.3 is 0 Å². The van der Waals surface area contributed by atoms with E-state index in [4.69, 9.17) is 0 Å². The Bertz CT molecular complexity index is 371. The Morgan fingerprint density at radius 1 is 1.35 bits per heavy atom. The van der Waals surface area contributed by atoms with Crippen molar-refractivity contribution in [1.29, 1.82) is 0 Å². The molecule has 2 heteroatoms. The van der Waals surface area contributed by atoms with Crippen LogP contribution in [0.3, 0.4) is 0 Å². The third-order valence-corrected chi connectivity index (χ3v) is 3.33. The van der Waals surface area contributed by atoms with Crippen LogP contribution in [0.5, 0.6) is 0 Å². The van der Waals surface area contributed by atoms with Crippen molar-refractivity contribution in [3.8, 4) is 0 Å². The topological polar surface area (TPSA) is 12.0 Å². The molecular weight excluding hydrogens is 213 g/mol. The molecule has 0 saturated heterocycles. The normalized spacial score (nSPS) is 13.8. The molecule has 0 aliphatic rings. The molecule has 1 aromatic carbocycles. The summed E-state index contributed by atoms with van der Waals surface area (Å²) in [5.74, 6) is -0.136. The molecule has 1 N–H and O–H groups in total. The molecule has 1 nitrogen and oxygen atoms in total. The highest BCUT2D eigenvalue weighted by molar-refractivity contribution is 5.27. The van der Waals surface area contributed by atoms with Gasteiger partial charge in [-0.05, 0) is 62.4 Å². The molecular formula is C15H24FN. The molecule has 0 aliphatic carbocycles. The molecule has 0 radical (unpaired) electrons. The zero-order chi connectivity index (χ0) is 13.1. The third-order valence-electron chi connectivity index (χ3n) is 3.33. The molecule has 1 aromatic rings. The Labute approximate surface area is 104 Å². The van der Waals surface area contributed by atoms with E-state index in [9.17, 15) is 4.39 Å². The highest BCUT2D eigenvalue weighted by atomic mass is 19.1. The van der Waals surface area contributed by atoms with Crippen LogP contribution in [0.2, 0.25) is 0 Å². The van der Waals surface area contributed by atoms with Gasteiger partial charge < -0.3 is 5.32 Å². The number of nitrogens with one attached hydrogen (secondary N) is 1. The molecule has 0 aliphatic heterocycles. The van der Waals surface area contributed by atoms with Crippen LogP contribution in [-0.2, 0) is 6.42 Å². The summed E-state index contributed by atoms with van der Waals surface area (Å²) >= 11 is 0. The SMILES string of the molecule is CNC(C)CC(C)(C)Cc1cc(F)ccc1C. The summed E-state index contributed by atoms with van der Waals surface area (Å²) in [5.41, 5.74) is 2.48. The largest absolute Gasteiger partial charge is 0.317 e. The van der Waals surface area contributed by atoms with E-state index in [1.165, 1.54) is 11.6 Å². The number of hydrogen-bond donors (Lipinski definition) is 1. The lowest BCUT2D eigenvalue weighted by Crippen LogP contribution is -2.29. The average Bonchev–Trinajstić information content (AvgIpc) is 2.22. The fourth-order valence-corrected chi connectivity index (χ4v) is 2.35. The maximum Gasteiger partial charge on any atom is 0.123 e. The fraction of sp³-hybridized carbons (Fsp3) is 0.600. The van der Waals surface area contributed by atoms with Crippen molar-refractivity contribution in [2.75, 3.05) is 7.05 Å². The Balaban J connectivity index is 2.78. The van der Waals surface area contributed by atoms with Crippen molar-refractivity contribution in [2.24, 2.45) is 5.41 Å². The Morgan fingerprint density at radius 3 is 2.59 bits per heavy atom. The van der Waals surface area contributed by atoms with E-state index in [0.717, 1.165) is 18.4 Å². The first-order chi connectivity index (χ1) is 7.84. The quantitative estimate of drug-likeness (QED) is 0.823. The second kappa shape index (κ2) is 5.63. The molecule has 1 unspecified atom stereocenters. The lowest BCUT2D eigenvalue weighted by atomic mass is 9.79. The number of aryl methyl sites for hydroxylation is 1. The molecule has 1 rings (SSSR count). The first-order valence-corrected chi connectivity index (χ1v) is 6.26. The van der Waals surface area contributed by atoms with E-state index in [0.29, 0.717) is 6.04 Å². The zero-order valence-electron chi connectivity index (χ0n) is 11.6. The molecule has 0 amide bonds. The molecule has 0 heterocycles. The van der Waals surface area contributed by atoms with Crippen molar-refractivity contribution in [3.63, 3.8) is 0 Å². The third kappa shape index (κ3) is 4.47. The van der Waals surface area contributed by atoms with Crippen LogP contribution in [0.1, 0.15) is 38.3 Å². The van der Waals surface area contributed by atoms with E-state index < -0.39 is 0 Å². The minimum absolute atomic E-state index is 0.136. The summed E-state index contributed by atoms with van der Waals surface area (Å²) in [4.78, 5) is 0. The first kappa shape index (κ1) is 14.2. The second-order valence-electron chi connectivity index (χ2n) is 5.81. The van der Waals surface area contributed by atoms with Gasteiger partial charge in [-0.2, -0.15) is 0 Å². The standard InChI is InChI=1S/C15H24FN/c1-11-6-7-14(16)8-13(11)10-15(3,4)9-12(2)17-5/h6-8,12,17H,9-10H2,1-5H3. The minimum atomic E-state index is -0.136. The van der Waals surface area contributed by atoms with E-state index in [1.54, 1.807) is 6.07 Å². The van der Waals surface area contributed by atoms with E-state index in [2.05, 4.69) is 26.1 Å². The molecule has 1 atom stereocenters. The van der Waals surface area contributed by atoms with Crippen molar-refractivity contribution in [3.05, 3.63) is 35.1 Å². The Kier molecular flexibility index (Phi) is 4.70. The van der Waals surface area contributed by atoms with Gasteiger partial charge in [0.15, 0.2) is 0 Å². The van der Waals surface area contributed by atoms with Gasteiger partial charge in [0.05, 0.1) is 0 Å². The zero-order valence-corrected chi connectivity index (χ0v) is 11.6.